The van der Waals surface area contributed by atoms with Gasteiger partial charge in [0.15, 0.2) is 0 Å². The molecule has 0 spiro atoms. The Morgan fingerprint density at radius 2 is 1.82 bits per heavy atom. The average molecular weight is 443 g/mol. The molecule has 0 fully saturated rings. The molecule has 2 aromatic carbocycles. The minimum Gasteiger partial charge on any atom is -0.462 e. The highest BCUT2D eigenvalue weighted by molar-refractivity contribution is 9.10. The van der Waals surface area contributed by atoms with E-state index in [2.05, 4.69) is 22.9 Å². The summed E-state index contributed by atoms with van der Waals surface area (Å²) in [6, 6.07) is 17.3. The van der Waals surface area contributed by atoms with Gasteiger partial charge in [0.2, 0.25) is 0 Å². The van der Waals surface area contributed by atoms with Crippen LogP contribution in [0.15, 0.2) is 59.1 Å². The van der Waals surface area contributed by atoms with Gasteiger partial charge in [0, 0.05) is 18.2 Å². The molecule has 0 radical (unpaired) electrons. The molecule has 0 atom stereocenters. The molecule has 6 heteroatoms. The van der Waals surface area contributed by atoms with Crippen molar-refractivity contribution in [3.05, 3.63) is 64.6 Å². The van der Waals surface area contributed by atoms with Gasteiger partial charge in [0.25, 0.3) is 0 Å². The highest BCUT2D eigenvalue weighted by Gasteiger charge is 2.23. The van der Waals surface area contributed by atoms with Crippen LogP contribution >= 0.6 is 15.9 Å². The smallest absolute Gasteiger partial charge is 0.338 e. The fraction of sp³-hybridized carbons (Fsp3) is 0.273. The van der Waals surface area contributed by atoms with Gasteiger partial charge in [0.05, 0.1) is 22.3 Å². The van der Waals surface area contributed by atoms with Gasteiger partial charge in [-0.1, -0.05) is 61.9 Å². The van der Waals surface area contributed by atoms with Crippen LogP contribution in [0.3, 0.4) is 0 Å². The van der Waals surface area contributed by atoms with Crippen LogP contribution in [-0.4, -0.2) is 29.5 Å². The monoisotopic (exact) mass is 442 g/mol. The van der Waals surface area contributed by atoms with Crippen molar-refractivity contribution < 1.29 is 14.3 Å². The molecule has 1 aromatic heterocycles. The van der Waals surface area contributed by atoms with Crippen molar-refractivity contribution in [3.8, 4) is 22.5 Å². The normalized spacial score (nSPS) is 10.8. The molecule has 3 rings (SSSR count). The number of hydrogen-bond acceptors (Lipinski definition) is 4. The van der Waals surface area contributed by atoms with Crippen LogP contribution in [0.1, 0.15) is 30.1 Å². The zero-order chi connectivity index (χ0) is 19.9. The topological polar surface area (TPSA) is 53.3 Å². The molecule has 28 heavy (non-hydrogen) atoms. The molecule has 0 aliphatic heterocycles. The first-order valence-electron chi connectivity index (χ1n) is 9.24. The Morgan fingerprint density at radius 1 is 1.11 bits per heavy atom. The Hall–Kier alpha value is -2.44. The third-order valence-electron chi connectivity index (χ3n) is 4.33. The maximum Gasteiger partial charge on any atom is 0.338 e. The van der Waals surface area contributed by atoms with Crippen molar-refractivity contribution in [3.63, 3.8) is 0 Å². The summed E-state index contributed by atoms with van der Waals surface area (Å²) in [4.78, 5) is 12.7. The fourth-order valence-corrected chi connectivity index (χ4v) is 3.67. The molecule has 0 bridgehead atoms. The summed E-state index contributed by atoms with van der Waals surface area (Å²) in [5.41, 5.74) is 3.82. The van der Waals surface area contributed by atoms with E-state index in [1.54, 1.807) is 17.9 Å². The lowest BCUT2D eigenvalue weighted by Gasteiger charge is -2.12. The fourth-order valence-electron chi connectivity index (χ4n) is 2.95. The van der Waals surface area contributed by atoms with Crippen molar-refractivity contribution in [2.45, 2.75) is 26.5 Å². The minimum atomic E-state index is -0.331. The number of aromatic nitrogens is 2. The summed E-state index contributed by atoms with van der Waals surface area (Å²) < 4.78 is 13.3. The molecular weight excluding hydrogens is 420 g/mol. The van der Waals surface area contributed by atoms with Gasteiger partial charge in [-0.3, -0.25) is 0 Å². The predicted molar refractivity (Wildman–Crippen MR) is 113 cm³/mol. The Labute approximate surface area is 173 Å². The third kappa shape index (κ3) is 4.34. The van der Waals surface area contributed by atoms with Crippen LogP contribution in [-0.2, 0) is 16.2 Å². The molecule has 0 amide bonds. The first-order chi connectivity index (χ1) is 13.7. The summed E-state index contributed by atoms with van der Waals surface area (Å²) in [7, 11) is 1.62. The molecule has 0 N–H and O–H groups in total. The summed E-state index contributed by atoms with van der Waals surface area (Å²) in [5, 5.41) is 4.71. The van der Waals surface area contributed by atoms with Gasteiger partial charge in [0.1, 0.15) is 12.4 Å². The highest BCUT2D eigenvalue weighted by atomic mass is 79.9. The molecule has 0 saturated carbocycles. The second kappa shape index (κ2) is 9.66. The number of carbonyl (C=O) groups is 1. The summed E-state index contributed by atoms with van der Waals surface area (Å²) in [6.07, 6.45) is 1.82. The van der Waals surface area contributed by atoms with E-state index in [-0.39, 0.29) is 12.7 Å². The van der Waals surface area contributed by atoms with Crippen molar-refractivity contribution in [1.82, 2.24) is 9.78 Å². The van der Waals surface area contributed by atoms with Crippen molar-refractivity contribution >= 4 is 21.9 Å². The second-order valence-corrected chi connectivity index (χ2v) is 7.12. The number of ether oxygens (including phenoxy) is 2. The van der Waals surface area contributed by atoms with E-state index in [1.807, 2.05) is 48.5 Å². The van der Waals surface area contributed by atoms with Gasteiger partial charge in [-0.15, -0.1) is 0 Å². The Bertz CT molecular complexity index is 938. The largest absolute Gasteiger partial charge is 0.462 e. The molecule has 0 saturated heterocycles. The van der Waals surface area contributed by atoms with Gasteiger partial charge in [-0.05, 0) is 28.4 Å². The molecule has 1 heterocycles. The van der Waals surface area contributed by atoms with E-state index < -0.39 is 0 Å². The van der Waals surface area contributed by atoms with Crippen LogP contribution in [0.4, 0.5) is 0 Å². The first-order valence-corrected chi connectivity index (χ1v) is 10.0. The molecule has 146 valence electrons. The number of methoxy groups -OCH3 is 1. The summed E-state index contributed by atoms with van der Waals surface area (Å²) in [5.74, 6) is -0.331. The molecule has 0 aliphatic rings. The van der Waals surface area contributed by atoms with Crippen LogP contribution in [0.25, 0.3) is 22.5 Å². The maximum atomic E-state index is 12.7. The number of carbonyl (C=O) groups excluding carboxylic acids is 1. The standard InChI is InChI=1S/C22H23BrN2O3/c1-3-4-14-28-22(26)18-13-9-8-12-17(18)21-19(23)20(24-25(21)15-27-2)16-10-6-5-7-11-16/h5-13H,3-4,14-15H2,1-2H3. The van der Waals surface area contributed by atoms with E-state index in [0.29, 0.717) is 12.2 Å². The van der Waals surface area contributed by atoms with Crippen molar-refractivity contribution in [2.24, 2.45) is 0 Å². The van der Waals surface area contributed by atoms with E-state index in [9.17, 15) is 4.79 Å². The number of benzene rings is 2. The van der Waals surface area contributed by atoms with Crippen molar-refractivity contribution in [1.29, 1.82) is 0 Å². The third-order valence-corrected chi connectivity index (χ3v) is 5.08. The van der Waals surface area contributed by atoms with E-state index in [1.165, 1.54) is 0 Å². The van der Waals surface area contributed by atoms with Crippen LogP contribution in [0, 0.1) is 0 Å². The quantitative estimate of drug-likeness (QED) is 0.339. The van der Waals surface area contributed by atoms with Crippen molar-refractivity contribution in [2.75, 3.05) is 13.7 Å². The Morgan fingerprint density at radius 3 is 2.54 bits per heavy atom. The van der Waals surface area contributed by atoms with E-state index >= 15 is 0 Å². The van der Waals surface area contributed by atoms with E-state index in [0.717, 1.165) is 39.8 Å². The van der Waals surface area contributed by atoms with Gasteiger partial charge in [-0.25, -0.2) is 9.48 Å². The molecule has 0 aliphatic carbocycles. The molecular formula is C22H23BrN2O3. The van der Waals surface area contributed by atoms with E-state index in [4.69, 9.17) is 14.6 Å². The minimum absolute atomic E-state index is 0.264. The molecule has 0 unspecified atom stereocenters. The SMILES string of the molecule is CCCCOC(=O)c1ccccc1-c1c(Br)c(-c2ccccc2)nn1COC. The Kier molecular flexibility index (Phi) is 7.01. The summed E-state index contributed by atoms with van der Waals surface area (Å²) in [6.45, 7) is 2.74. The number of nitrogens with zero attached hydrogens (tertiary/aromatic N) is 2. The molecule has 5 nitrogen and oxygen atoms in total. The predicted octanol–water partition coefficient (Wildman–Crippen LogP) is 5.54. The lowest BCUT2D eigenvalue weighted by Crippen LogP contribution is -2.10. The van der Waals surface area contributed by atoms with Gasteiger partial charge in [-0.2, -0.15) is 5.10 Å². The maximum absolute atomic E-state index is 12.7. The number of esters is 1. The highest BCUT2D eigenvalue weighted by Crippen LogP contribution is 2.38. The molecule has 3 aromatic rings. The Balaban J connectivity index is 2.08. The first kappa shape index (κ1) is 20.3. The van der Waals surface area contributed by atoms with Crippen LogP contribution < -0.4 is 0 Å². The zero-order valence-electron chi connectivity index (χ0n) is 16.0. The average Bonchev–Trinajstić information content (AvgIpc) is 3.05. The second-order valence-electron chi connectivity index (χ2n) is 6.33. The lowest BCUT2D eigenvalue weighted by atomic mass is 10.0. The zero-order valence-corrected chi connectivity index (χ0v) is 17.6. The van der Waals surface area contributed by atoms with Crippen LogP contribution in [0.2, 0.25) is 0 Å². The van der Waals surface area contributed by atoms with Gasteiger partial charge >= 0.3 is 5.97 Å². The lowest BCUT2D eigenvalue weighted by molar-refractivity contribution is 0.0500. The number of hydrogen-bond donors (Lipinski definition) is 0. The number of halogens is 1. The number of rotatable bonds is 8. The number of unbranched alkanes of at least 4 members (excludes halogenated alkanes) is 1. The van der Waals surface area contributed by atoms with Crippen LogP contribution in [0.5, 0.6) is 0 Å². The summed E-state index contributed by atoms with van der Waals surface area (Å²) >= 11 is 3.70. The van der Waals surface area contributed by atoms with Gasteiger partial charge < -0.3 is 9.47 Å².